The summed E-state index contributed by atoms with van der Waals surface area (Å²) in [4.78, 5) is 13.9. The summed E-state index contributed by atoms with van der Waals surface area (Å²) in [7, 11) is 1.61. The second kappa shape index (κ2) is 7.35. The molecule has 0 spiro atoms. The molecule has 2 heterocycles. The van der Waals surface area contributed by atoms with Crippen molar-refractivity contribution in [2.24, 2.45) is 7.05 Å². The molecule has 1 aliphatic rings. The number of benzene rings is 2. The van der Waals surface area contributed by atoms with Crippen LogP contribution in [0.15, 0.2) is 47.5 Å². The van der Waals surface area contributed by atoms with Crippen LogP contribution in [0, 0.1) is 17.5 Å². The summed E-state index contributed by atoms with van der Waals surface area (Å²) in [6, 6.07) is 7.30. The van der Waals surface area contributed by atoms with Gasteiger partial charge in [-0.15, -0.1) is 11.8 Å². The number of aromatic nitrogens is 2. The van der Waals surface area contributed by atoms with E-state index < -0.39 is 17.5 Å². The van der Waals surface area contributed by atoms with Crippen LogP contribution in [-0.2, 0) is 7.05 Å². The lowest BCUT2D eigenvalue weighted by molar-refractivity contribution is 0.0935. The van der Waals surface area contributed by atoms with E-state index in [1.54, 1.807) is 24.9 Å². The predicted octanol–water partition coefficient (Wildman–Crippen LogP) is 4.47. The third-order valence-electron chi connectivity index (χ3n) is 4.58. The Morgan fingerprint density at radius 2 is 1.93 bits per heavy atom. The predicted molar refractivity (Wildman–Crippen MR) is 101 cm³/mol. The minimum absolute atomic E-state index is 0.0396. The smallest absolute Gasteiger partial charge is 0.255 e. The van der Waals surface area contributed by atoms with E-state index in [9.17, 15) is 18.0 Å². The molecule has 1 aromatic heterocycles. The van der Waals surface area contributed by atoms with Crippen LogP contribution < -0.4 is 5.32 Å². The van der Waals surface area contributed by atoms with Gasteiger partial charge in [0.05, 0.1) is 11.6 Å². The number of aryl methyl sites for hydroxylation is 1. The van der Waals surface area contributed by atoms with Gasteiger partial charge in [0.15, 0.2) is 0 Å². The molecule has 2 aromatic carbocycles. The van der Waals surface area contributed by atoms with E-state index in [1.165, 1.54) is 29.1 Å². The number of fused-ring (bicyclic) bond motifs is 1. The number of hydrogen-bond acceptors (Lipinski definition) is 3. The number of carbonyl (C=O) groups is 1. The van der Waals surface area contributed by atoms with Crippen molar-refractivity contribution >= 4 is 17.7 Å². The second-order valence-electron chi connectivity index (χ2n) is 6.53. The summed E-state index contributed by atoms with van der Waals surface area (Å²) in [5.74, 6) is -1.53. The highest BCUT2D eigenvalue weighted by molar-refractivity contribution is 7.99. The van der Waals surface area contributed by atoms with Gasteiger partial charge in [0.25, 0.3) is 5.91 Å². The molecule has 0 aliphatic carbocycles. The molecule has 1 unspecified atom stereocenters. The van der Waals surface area contributed by atoms with Crippen LogP contribution in [0.5, 0.6) is 0 Å². The van der Waals surface area contributed by atoms with Crippen LogP contribution in [0.25, 0.3) is 11.3 Å². The van der Waals surface area contributed by atoms with Gasteiger partial charge in [-0.3, -0.25) is 9.48 Å². The first kappa shape index (κ1) is 18.6. The van der Waals surface area contributed by atoms with E-state index in [0.29, 0.717) is 6.42 Å². The Morgan fingerprint density at radius 1 is 1.18 bits per heavy atom. The van der Waals surface area contributed by atoms with Crippen molar-refractivity contribution < 1.29 is 18.0 Å². The number of thioether (sulfide) groups is 1. The fraction of sp³-hybridized carbons (Fsp3) is 0.200. The summed E-state index contributed by atoms with van der Waals surface area (Å²) in [5, 5.41) is 7.08. The van der Waals surface area contributed by atoms with Gasteiger partial charge in [0, 0.05) is 35.5 Å². The molecule has 0 radical (unpaired) electrons. The van der Waals surface area contributed by atoms with Crippen LogP contribution in [0.3, 0.4) is 0 Å². The van der Waals surface area contributed by atoms with E-state index in [-0.39, 0.29) is 28.7 Å². The van der Waals surface area contributed by atoms with Crippen molar-refractivity contribution in [1.82, 2.24) is 15.1 Å². The van der Waals surface area contributed by atoms with Crippen LogP contribution in [0.2, 0.25) is 0 Å². The van der Waals surface area contributed by atoms with Crippen LogP contribution in [0.4, 0.5) is 13.2 Å². The quantitative estimate of drug-likeness (QED) is 0.702. The highest BCUT2D eigenvalue weighted by Gasteiger charge is 2.26. The first-order chi connectivity index (χ1) is 13.4. The number of halogens is 3. The maximum absolute atomic E-state index is 14.2. The van der Waals surface area contributed by atoms with E-state index in [4.69, 9.17) is 0 Å². The van der Waals surface area contributed by atoms with Gasteiger partial charge in [-0.05, 0) is 42.3 Å². The normalized spacial score (nSPS) is 15.9. The number of amides is 1. The monoisotopic (exact) mass is 403 g/mol. The van der Waals surface area contributed by atoms with Crippen molar-refractivity contribution in [3.63, 3.8) is 0 Å². The lowest BCUT2D eigenvalue weighted by atomic mass is 10.0. The SMILES string of the molecule is Cn1cc(C(=O)NC2CCSc3ccc(F)cc32)c(-c2ccc(F)cc2F)n1. The van der Waals surface area contributed by atoms with Crippen molar-refractivity contribution in [3.8, 4) is 11.3 Å². The molecule has 28 heavy (non-hydrogen) atoms. The Labute approximate surface area is 163 Å². The Morgan fingerprint density at radius 3 is 2.71 bits per heavy atom. The number of nitrogens with one attached hydrogen (secondary N) is 1. The Balaban J connectivity index is 1.67. The molecule has 1 aliphatic heterocycles. The Kier molecular flexibility index (Phi) is 4.89. The topological polar surface area (TPSA) is 46.9 Å². The van der Waals surface area contributed by atoms with E-state index in [1.807, 2.05) is 0 Å². The Bertz CT molecular complexity index is 1070. The van der Waals surface area contributed by atoms with Gasteiger partial charge in [-0.25, -0.2) is 13.2 Å². The molecular formula is C20H16F3N3OS. The molecule has 8 heteroatoms. The van der Waals surface area contributed by atoms with Crippen LogP contribution >= 0.6 is 11.8 Å². The maximum Gasteiger partial charge on any atom is 0.255 e. The van der Waals surface area contributed by atoms with Gasteiger partial charge in [-0.2, -0.15) is 5.10 Å². The third kappa shape index (κ3) is 3.52. The highest BCUT2D eigenvalue weighted by atomic mass is 32.2. The molecule has 0 bridgehead atoms. The largest absolute Gasteiger partial charge is 0.345 e. The van der Waals surface area contributed by atoms with E-state index in [2.05, 4.69) is 10.4 Å². The lowest BCUT2D eigenvalue weighted by Gasteiger charge is -2.26. The zero-order chi connectivity index (χ0) is 19.8. The molecule has 0 saturated heterocycles. The summed E-state index contributed by atoms with van der Waals surface area (Å²) in [6.07, 6.45) is 2.13. The van der Waals surface area contributed by atoms with Gasteiger partial charge in [0.1, 0.15) is 23.1 Å². The number of carbonyl (C=O) groups excluding carboxylic acids is 1. The van der Waals surface area contributed by atoms with E-state index in [0.717, 1.165) is 28.3 Å². The van der Waals surface area contributed by atoms with Gasteiger partial charge >= 0.3 is 0 Å². The van der Waals surface area contributed by atoms with E-state index >= 15 is 0 Å². The average Bonchev–Trinajstić information content (AvgIpc) is 3.04. The molecule has 1 amide bonds. The number of nitrogens with zero attached hydrogens (tertiary/aromatic N) is 2. The van der Waals surface area contributed by atoms with Crippen molar-refractivity contribution in [1.29, 1.82) is 0 Å². The molecule has 4 rings (SSSR count). The summed E-state index contributed by atoms with van der Waals surface area (Å²) in [5.41, 5.74) is 1.06. The number of hydrogen-bond donors (Lipinski definition) is 1. The summed E-state index contributed by atoms with van der Waals surface area (Å²) >= 11 is 1.61. The zero-order valence-electron chi connectivity index (χ0n) is 14.9. The Hall–Kier alpha value is -2.74. The van der Waals surface area contributed by atoms with Crippen molar-refractivity contribution in [2.45, 2.75) is 17.4 Å². The van der Waals surface area contributed by atoms with Gasteiger partial charge in [0.2, 0.25) is 0 Å². The molecule has 3 aromatic rings. The average molecular weight is 403 g/mol. The molecule has 1 N–H and O–H groups in total. The van der Waals surface area contributed by atoms with Crippen LogP contribution in [0.1, 0.15) is 28.4 Å². The third-order valence-corrected chi connectivity index (χ3v) is 5.70. The zero-order valence-corrected chi connectivity index (χ0v) is 15.7. The highest BCUT2D eigenvalue weighted by Crippen LogP contribution is 2.37. The summed E-state index contributed by atoms with van der Waals surface area (Å²) < 4.78 is 42.5. The van der Waals surface area contributed by atoms with Gasteiger partial charge in [-0.1, -0.05) is 0 Å². The van der Waals surface area contributed by atoms with Gasteiger partial charge < -0.3 is 5.32 Å². The second-order valence-corrected chi connectivity index (χ2v) is 7.67. The minimum Gasteiger partial charge on any atom is -0.345 e. The number of rotatable bonds is 3. The van der Waals surface area contributed by atoms with Crippen LogP contribution in [-0.4, -0.2) is 21.4 Å². The molecule has 4 nitrogen and oxygen atoms in total. The first-order valence-electron chi connectivity index (χ1n) is 8.64. The maximum atomic E-state index is 14.2. The first-order valence-corrected chi connectivity index (χ1v) is 9.63. The fourth-order valence-electron chi connectivity index (χ4n) is 3.29. The minimum atomic E-state index is -0.797. The molecule has 1 atom stereocenters. The fourth-order valence-corrected chi connectivity index (χ4v) is 4.39. The van der Waals surface area contributed by atoms with Crippen molar-refractivity contribution in [3.05, 3.63) is 71.2 Å². The molecule has 144 valence electrons. The lowest BCUT2D eigenvalue weighted by Crippen LogP contribution is -2.31. The molecular weight excluding hydrogens is 387 g/mol. The molecule has 0 fully saturated rings. The standard InChI is InChI=1S/C20H16F3N3OS/c1-26-10-15(19(25-26)13-4-2-12(22)9-16(13)23)20(27)24-17-6-7-28-18-5-3-11(21)8-14(17)18/h2-5,8-10,17H,6-7H2,1H3,(H,24,27). The molecule has 0 saturated carbocycles. The van der Waals surface area contributed by atoms with Crippen molar-refractivity contribution in [2.75, 3.05) is 5.75 Å². The summed E-state index contributed by atoms with van der Waals surface area (Å²) in [6.45, 7) is 0.